The molecule has 124 valence electrons. The lowest BCUT2D eigenvalue weighted by atomic mass is 10.3. The number of hydrogen-bond donors (Lipinski definition) is 0. The Bertz CT molecular complexity index is 781. The Hall–Kier alpha value is -2.38. The average Bonchev–Trinajstić information content (AvgIpc) is 3.30. The molecule has 3 rings (SSSR count). The molecule has 0 atom stereocenters. The van der Waals surface area contributed by atoms with Crippen molar-refractivity contribution in [1.29, 1.82) is 0 Å². The zero-order chi connectivity index (χ0) is 16.8. The fourth-order valence-corrected chi connectivity index (χ4v) is 3.52. The quantitative estimate of drug-likeness (QED) is 0.468. The fraction of sp³-hybridized carbons (Fsp3) is 0.176. The highest BCUT2D eigenvalue weighted by Crippen LogP contribution is 2.27. The average molecular weight is 361 g/mol. The van der Waals surface area contributed by atoms with Crippen LogP contribution in [0.4, 0.5) is 0 Å². The number of carbonyl (C=O) groups is 1. The normalized spacial score (nSPS) is 10.4. The van der Waals surface area contributed by atoms with Crippen molar-refractivity contribution in [2.24, 2.45) is 0 Å². The lowest BCUT2D eigenvalue weighted by Crippen LogP contribution is -2.12. The zero-order valence-electron chi connectivity index (χ0n) is 12.9. The highest BCUT2D eigenvalue weighted by molar-refractivity contribution is 7.20. The van der Waals surface area contributed by atoms with Crippen LogP contribution in [-0.4, -0.2) is 31.3 Å². The van der Waals surface area contributed by atoms with Gasteiger partial charge in [-0.2, -0.15) is 0 Å². The van der Waals surface area contributed by atoms with E-state index in [-0.39, 0.29) is 13.2 Å². The van der Waals surface area contributed by atoms with Crippen LogP contribution in [0.1, 0.15) is 10.5 Å². The Morgan fingerprint density at radius 2 is 1.88 bits per heavy atom. The number of rotatable bonds is 7. The molecule has 0 N–H and O–H groups in total. The number of benzene rings is 1. The van der Waals surface area contributed by atoms with E-state index in [1.165, 1.54) is 11.3 Å². The van der Waals surface area contributed by atoms with Gasteiger partial charge in [-0.05, 0) is 35.7 Å². The maximum atomic E-state index is 12.0. The van der Waals surface area contributed by atoms with Gasteiger partial charge in [-0.3, -0.25) is 0 Å². The van der Waals surface area contributed by atoms with Crippen LogP contribution in [0.25, 0.3) is 9.88 Å². The highest BCUT2D eigenvalue weighted by atomic mass is 32.1. The first-order valence-electron chi connectivity index (χ1n) is 7.19. The first-order chi connectivity index (χ1) is 11.8. The zero-order valence-corrected chi connectivity index (χ0v) is 14.6. The van der Waals surface area contributed by atoms with Gasteiger partial charge in [0.05, 0.1) is 12.0 Å². The van der Waals surface area contributed by atoms with Crippen LogP contribution >= 0.6 is 22.7 Å². The molecule has 0 radical (unpaired) electrons. The van der Waals surface area contributed by atoms with Crippen LogP contribution in [0, 0.1) is 0 Å². The smallest absolute Gasteiger partial charge is 0.357 e. The van der Waals surface area contributed by atoms with Gasteiger partial charge in [0, 0.05) is 5.38 Å². The van der Waals surface area contributed by atoms with Crippen LogP contribution in [0.3, 0.4) is 0 Å². The summed E-state index contributed by atoms with van der Waals surface area (Å²) in [5.41, 5.74) is 0.327. The van der Waals surface area contributed by atoms with Gasteiger partial charge in [-0.25, -0.2) is 9.78 Å². The maximum Gasteiger partial charge on any atom is 0.357 e. The lowest BCUT2D eigenvalue weighted by Gasteiger charge is -2.07. The first kappa shape index (κ1) is 16.5. The van der Waals surface area contributed by atoms with Crippen LogP contribution < -0.4 is 9.47 Å². The van der Waals surface area contributed by atoms with E-state index in [9.17, 15) is 4.79 Å². The van der Waals surface area contributed by atoms with Crippen molar-refractivity contribution >= 4 is 28.6 Å². The summed E-state index contributed by atoms with van der Waals surface area (Å²) in [7, 11) is 1.61. The van der Waals surface area contributed by atoms with E-state index in [0.29, 0.717) is 11.4 Å². The van der Waals surface area contributed by atoms with E-state index in [1.807, 2.05) is 29.6 Å². The maximum absolute atomic E-state index is 12.0. The largest absolute Gasteiger partial charge is 0.497 e. The molecule has 1 aromatic carbocycles. The summed E-state index contributed by atoms with van der Waals surface area (Å²) in [5, 5.41) is 4.51. The number of thiophene rings is 1. The molecule has 0 saturated carbocycles. The minimum Gasteiger partial charge on any atom is -0.497 e. The second kappa shape index (κ2) is 7.94. The number of aromatic nitrogens is 1. The van der Waals surface area contributed by atoms with Gasteiger partial charge < -0.3 is 14.2 Å². The van der Waals surface area contributed by atoms with Crippen molar-refractivity contribution < 1.29 is 19.0 Å². The molecule has 0 saturated heterocycles. The van der Waals surface area contributed by atoms with Gasteiger partial charge >= 0.3 is 5.97 Å². The van der Waals surface area contributed by atoms with Gasteiger partial charge in [0.15, 0.2) is 5.69 Å². The summed E-state index contributed by atoms with van der Waals surface area (Å²) in [6.07, 6.45) is 0. The van der Waals surface area contributed by atoms with Gasteiger partial charge in [0.2, 0.25) is 0 Å². The van der Waals surface area contributed by atoms with Crippen molar-refractivity contribution in [2.45, 2.75) is 0 Å². The molecule has 0 spiro atoms. The molecule has 0 aliphatic rings. The number of thiazole rings is 1. The van der Waals surface area contributed by atoms with Gasteiger partial charge in [0.25, 0.3) is 0 Å². The standard InChI is InChI=1S/C17H15NO4S2/c1-20-12-4-6-13(7-5-12)21-8-9-22-17(19)14-11-24-16(18-14)15-3-2-10-23-15/h2-7,10-11H,8-9H2,1H3. The Balaban J connectivity index is 1.45. The number of methoxy groups -OCH3 is 1. The van der Waals surface area contributed by atoms with Crippen LogP contribution in [0.2, 0.25) is 0 Å². The second-order valence-corrected chi connectivity index (χ2v) is 6.48. The van der Waals surface area contributed by atoms with E-state index in [1.54, 1.807) is 36.0 Å². The van der Waals surface area contributed by atoms with Crippen molar-refractivity contribution in [3.63, 3.8) is 0 Å². The molecule has 0 aliphatic heterocycles. The number of carbonyl (C=O) groups excluding carboxylic acids is 1. The topological polar surface area (TPSA) is 57.7 Å². The van der Waals surface area contributed by atoms with Crippen molar-refractivity contribution in [2.75, 3.05) is 20.3 Å². The van der Waals surface area contributed by atoms with Crippen molar-refractivity contribution in [3.8, 4) is 21.4 Å². The second-order valence-electron chi connectivity index (χ2n) is 4.68. The summed E-state index contributed by atoms with van der Waals surface area (Å²) < 4.78 is 15.8. The van der Waals surface area contributed by atoms with Gasteiger partial charge in [-0.1, -0.05) is 6.07 Å². The Labute approximate surface area is 147 Å². The van der Waals surface area contributed by atoms with Crippen LogP contribution in [0.15, 0.2) is 47.2 Å². The van der Waals surface area contributed by atoms with Crippen molar-refractivity contribution in [1.82, 2.24) is 4.98 Å². The Morgan fingerprint density at radius 3 is 2.58 bits per heavy atom. The number of esters is 1. The molecule has 7 heteroatoms. The number of nitrogens with zero attached hydrogens (tertiary/aromatic N) is 1. The van der Waals surface area contributed by atoms with Crippen LogP contribution in [-0.2, 0) is 4.74 Å². The molecule has 0 amide bonds. The third-order valence-corrected chi connectivity index (χ3v) is 4.97. The minimum atomic E-state index is -0.438. The highest BCUT2D eigenvalue weighted by Gasteiger charge is 2.13. The molecule has 0 unspecified atom stereocenters. The van der Waals surface area contributed by atoms with E-state index >= 15 is 0 Å². The van der Waals surface area contributed by atoms with Gasteiger partial charge in [0.1, 0.15) is 29.7 Å². The van der Waals surface area contributed by atoms with Crippen LogP contribution in [0.5, 0.6) is 11.5 Å². The van der Waals surface area contributed by atoms with Crippen molar-refractivity contribution in [3.05, 3.63) is 52.9 Å². The predicted octanol–water partition coefficient (Wildman–Crippen LogP) is 4.12. The summed E-state index contributed by atoms with van der Waals surface area (Å²) in [6.45, 7) is 0.441. The molecule has 5 nitrogen and oxygen atoms in total. The lowest BCUT2D eigenvalue weighted by molar-refractivity contribution is 0.0444. The molecular weight excluding hydrogens is 346 g/mol. The molecular formula is C17H15NO4S2. The molecule has 0 aliphatic carbocycles. The monoisotopic (exact) mass is 361 g/mol. The third-order valence-electron chi connectivity index (χ3n) is 3.09. The predicted molar refractivity (Wildman–Crippen MR) is 94.2 cm³/mol. The summed E-state index contributed by atoms with van der Waals surface area (Å²) in [5.74, 6) is 1.02. The molecule has 2 aromatic heterocycles. The first-order valence-corrected chi connectivity index (χ1v) is 8.95. The molecule has 24 heavy (non-hydrogen) atoms. The molecule has 0 fully saturated rings. The molecule has 2 heterocycles. The minimum absolute atomic E-state index is 0.163. The number of ether oxygens (including phenoxy) is 3. The molecule has 0 bridgehead atoms. The Morgan fingerprint density at radius 1 is 1.08 bits per heavy atom. The summed E-state index contributed by atoms with van der Waals surface area (Å²) in [6, 6.07) is 11.1. The van der Waals surface area contributed by atoms with Gasteiger partial charge in [-0.15, -0.1) is 22.7 Å². The fourth-order valence-electron chi connectivity index (χ4n) is 1.92. The summed E-state index contributed by atoms with van der Waals surface area (Å²) >= 11 is 3.02. The Kier molecular flexibility index (Phi) is 5.45. The summed E-state index contributed by atoms with van der Waals surface area (Å²) in [4.78, 5) is 17.3. The third kappa shape index (κ3) is 4.12. The SMILES string of the molecule is COc1ccc(OCCOC(=O)c2csc(-c3cccs3)n2)cc1. The van der Waals surface area contributed by atoms with E-state index in [4.69, 9.17) is 14.2 Å². The molecule has 3 aromatic rings. The van der Waals surface area contributed by atoms with E-state index < -0.39 is 5.97 Å². The van der Waals surface area contributed by atoms with E-state index in [2.05, 4.69) is 4.98 Å². The number of hydrogen-bond acceptors (Lipinski definition) is 7. The van der Waals surface area contributed by atoms with E-state index in [0.717, 1.165) is 15.6 Å².